The molecule has 1 unspecified atom stereocenters. The van der Waals surface area contributed by atoms with Crippen LogP contribution in [0.2, 0.25) is 0 Å². The Balaban J connectivity index is 1.35. The molecule has 1 aliphatic heterocycles. The van der Waals surface area contributed by atoms with Crippen molar-refractivity contribution in [2.24, 2.45) is 0 Å². The summed E-state index contributed by atoms with van der Waals surface area (Å²) >= 11 is 1.51. The molecule has 9 heteroatoms. The number of aromatic nitrogens is 2. The maximum atomic E-state index is 13.1. The van der Waals surface area contributed by atoms with Gasteiger partial charge in [-0.2, -0.15) is 0 Å². The molecule has 1 N–H and O–H groups in total. The van der Waals surface area contributed by atoms with Gasteiger partial charge in [0.05, 0.1) is 12.2 Å². The quantitative estimate of drug-likeness (QED) is 0.500. The number of thioether (sulfide) groups is 1. The number of rotatable bonds is 4. The van der Waals surface area contributed by atoms with E-state index in [4.69, 9.17) is 4.42 Å². The maximum absolute atomic E-state index is 13.1. The molecule has 0 saturated carbocycles. The van der Waals surface area contributed by atoms with E-state index in [0.717, 1.165) is 16.5 Å². The van der Waals surface area contributed by atoms with Crippen molar-refractivity contribution in [2.75, 3.05) is 16.9 Å². The molecule has 0 aliphatic carbocycles. The molecule has 0 radical (unpaired) electrons. The van der Waals surface area contributed by atoms with Crippen molar-refractivity contribution >= 4 is 51.3 Å². The van der Waals surface area contributed by atoms with Crippen LogP contribution < -0.4 is 10.9 Å². The minimum atomic E-state index is -0.609. The molecule has 4 aromatic rings. The van der Waals surface area contributed by atoms with Crippen LogP contribution in [0, 0.1) is 13.8 Å². The summed E-state index contributed by atoms with van der Waals surface area (Å²) < 4.78 is 6.92. The van der Waals surface area contributed by atoms with E-state index in [0.29, 0.717) is 28.4 Å². The number of amides is 2. The molecule has 0 bridgehead atoms. The van der Waals surface area contributed by atoms with Gasteiger partial charge in [-0.1, -0.05) is 18.2 Å². The predicted molar refractivity (Wildman–Crippen MR) is 128 cm³/mol. The van der Waals surface area contributed by atoms with E-state index in [-0.39, 0.29) is 23.9 Å². The number of carbonyl (C=O) groups excluding carboxylic acids is 2. The molecule has 0 spiro atoms. The second kappa shape index (κ2) is 8.40. The standard InChI is InChI=1S/C24H22N4O4S/c1-14-7-8-16(9-15(14)2)26-23(30)18-11-33-13-28(18)20(29)10-27-12-25-21-17-5-3-4-6-19(17)32-22(21)24(27)31/h3-9,12,18H,10-11,13H2,1-2H3,(H,26,30). The Kier molecular flexibility index (Phi) is 5.41. The Hall–Kier alpha value is -3.59. The molecule has 1 fully saturated rings. The fourth-order valence-corrected chi connectivity index (χ4v) is 5.10. The molecule has 2 aromatic carbocycles. The van der Waals surface area contributed by atoms with Crippen LogP contribution in [0.4, 0.5) is 5.69 Å². The SMILES string of the molecule is Cc1ccc(NC(=O)C2CSCN2C(=O)Cn2cnc3c(oc4ccccc43)c2=O)cc1C. The van der Waals surface area contributed by atoms with Gasteiger partial charge in [0.15, 0.2) is 0 Å². The van der Waals surface area contributed by atoms with Crippen LogP contribution in [-0.2, 0) is 16.1 Å². The van der Waals surface area contributed by atoms with Crippen LogP contribution >= 0.6 is 11.8 Å². The Morgan fingerprint density at radius 3 is 2.82 bits per heavy atom. The number of anilines is 1. The second-order valence-electron chi connectivity index (χ2n) is 8.12. The molecule has 2 aromatic heterocycles. The van der Waals surface area contributed by atoms with Crippen molar-refractivity contribution in [1.82, 2.24) is 14.5 Å². The van der Waals surface area contributed by atoms with Gasteiger partial charge in [-0.3, -0.25) is 19.0 Å². The van der Waals surface area contributed by atoms with Crippen molar-refractivity contribution in [3.05, 3.63) is 70.3 Å². The third kappa shape index (κ3) is 3.89. The summed E-state index contributed by atoms with van der Waals surface area (Å²) in [5, 5.41) is 3.66. The highest BCUT2D eigenvalue weighted by Crippen LogP contribution is 2.25. The zero-order valence-electron chi connectivity index (χ0n) is 18.2. The van der Waals surface area contributed by atoms with E-state index in [2.05, 4.69) is 10.3 Å². The van der Waals surface area contributed by atoms with Gasteiger partial charge in [0.25, 0.3) is 5.56 Å². The lowest BCUT2D eigenvalue weighted by Gasteiger charge is -2.23. The molecule has 1 aliphatic rings. The van der Waals surface area contributed by atoms with E-state index < -0.39 is 11.6 Å². The molecule has 1 atom stereocenters. The van der Waals surface area contributed by atoms with Crippen LogP contribution in [0.25, 0.3) is 22.1 Å². The second-order valence-corrected chi connectivity index (χ2v) is 9.12. The summed E-state index contributed by atoms with van der Waals surface area (Å²) in [5.41, 5.74) is 3.65. The number of hydrogen-bond acceptors (Lipinski definition) is 6. The lowest BCUT2D eigenvalue weighted by Crippen LogP contribution is -2.46. The Morgan fingerprint density at radius 2 is 2.00 bits per heavy atom. The number of fused-ring (bicyclic) bond motifs is 3. The summed E-state index contributed by atoms with van der Waals surface area (Å²) in [6.45, 7) is 3.78. The van der Waals surface area contributed by atoms with Crippen LogP contribution in [0.5, 0.6) is 0 Å². The molecule has 1 saturated heterocycles. The van der Waals surface area contributed by atoms with E-state index in [1.54, 1.807) is 6.07 Å². The normalized spacial score (nSPS) is 15.9. The highest BCUT2D eigenvalue weighted by Gasteiger charge is 2.35. The predicted octanol–water partition coefficient (Wildman–Crippen LogP) is 3.30. The van der Waals surface area contributed by atoms with E-state index in [1.807, 2.05) is 50.2 Å². The Bertz CT molecular complexity index is 1460. The number of hydrogen-bond donors (Lipinski definition) is 1. The zero-order chi connectivity index (χ0) is 23.1. The Labute approximate surface area is 193 Å². The molecular weight excluding hydrogens is 440 g/mol. The first-order chi connectivity index (χ1) is 15.9. The van der Waals surface area contributed by atoms with Crippen LogP contribution in [0.3, 0.4) is 0 Å². The highest BCUT2D eigenvalue weighted by atomic mass is 32.2. The van der Waals surface area contributed by atoms with Gasteiger partial charge in [0.2, 0.25) is 17.4 Å². The molecule has 5 rings (SSSR count). The van der Waals surface area contributed by atoms with Gasteiger partial charge >= 0.3 is 0 Å². The first-order valence-corrected chi connectivity index (χ1v) is 11.7. The van der Waals surface area contributed by atoms with Gasteiger partial charge in [-0.05, 0) is 49.2 Å². The molecule has 33 heavy (non-hydrogen) atoms. The number of benzene rings is 2. The smallest absolute Gasteiger partial charge is 0.297 e. The number of carbonyl (C=O) groups is 2. The van der Waals surface area contributed by atoms with Crippen molar-refractivity contribution in [1.29, 1.82) is 0 Å². The summed E-state index contributed by atoms with van der Waals surface area (Å²) in [6, 6.07) is 12.4. The van der Waals surface area contributed by atoms with Crippen molar-refractivity contribution in [3.63, 3.8) is 0 Å². The van der Waals surface area contributed by atoms with Gasteiger partial charge < -0.3 is 14.6 Å². The topological polar surface area (TPSA) is 97.4 Å². The first kappa shape index (κ1) is 21.3. The van der Waals surface area contributed by atoms with E-state index in [1.165, 1.54) is 27.6 Å². The Morgan fingerprint density at radius 1 is 1.18 bits per heavy atom. The summed E-state index contributed by atoms with van der Waals surface area (Å²) in [6.07, 6.45) is 1.36. The number of nitrogens with zero attached hydrogens (tertiary/aromatic N) is 3. The molecule has 168 valence electrons. The molecular formula is C24H22N4O4S. The lowest BCUT2D eigenvalue weighted by molar-refractivity contribution is -0.136. The van der Waals surface area contributed by atoms with Gasteiger partial charge in [0, 0.05) is 16.8 Å². The summed E-state index contributed by atoms with van der Waals surface area (Å²) in [4.78, 5) is 44.8. The lowest BCUT2D eigenvalue weighted by atomic mass is 10.1. The summed E-state index contributed by atoms with van der Waals surface area (Å²) in [7, 11) is 0. The van der Waals surface area contributed by atoms with Gasteiger partial charge in [-0.15, -0.1) is 11.8 Å². The fraction of sp³-hybridized carbons (Fsp3) is 0.250. The minimum absolute atomic E-state index is 0.117. The highest BCUT2D eigenvalue weighted by molar-refractivity contribution is 7.99. The third-order valence-electron chi connectivity index (χ3n) is 5.94. The van der Waals surface area contributed by atoms with Crippen LogP contribution in [0.15, 0.2) is 58.0 Å². The minimum Gasteiger partial charge on any atom is -0.448 e. The van der Waals surface area contributed by atoms with Crippen LogP contribution in [0.1, 0.15) is 11.1 Å². The number of furan rings is 1. The summed E-state index contributed by atoms with van der Waals surface area (Å²) in [5.74, 6) is 0.325. The molecule has 2 amide bonds. The number of para-hydroxylation sites is 1. The molecule has 3 heterocycles. The van der Waals surface area contributed by atoms with Gasteiger partial charge in [-0.25, -0.2) is 4.98 Å². The van der Waals surface area contributed by atoms with E-state index >= 15 is 0 Å². The maximum Gasteiger partial charge on any atom is 0.297 e. The van der Waals surface area contributed by atoms with E-state index in [9.17, 15) is 14.4 Å². The monoisotopic (exact) mass is 462 g/mol. The average Bonchev–Trinajstić information content (AvgIpc) is 3.44. The number of aryl methyl sites for hydroxylation is 2. The van der Waals surface area contributed by atoms with Crippen molar-refractivity contribution < 1.29 is 14.0 Å². The van der Waals surface area contributed by atoms with Crippen molar-refractivity contribution in [3.8, 4) is 0 Å². The van der Waals surface area contributed by atoms with Crippen LogP contribution in [-0.4, -0.2) is 43.9 Å². The average molecular weight is 463 g/mol. The third-order valence-corrected chi connectivity index (χ3v) is 6.95. The zero-order valence-corrected chi connectivity index (χ0v) is 19.0. The first-order valence-electron chi connectivity index (χ1n) is 10.5. The van der Waals surface area contributed by atoms with Gasteiger partial charge in [0.1, 0.15) is 23.7 Å². The number of nitrogens with one attached hydrogen (secondary N) is 1. The fourth-order valence-electron chi connectivity index (χ4n) is 3.91. The largest absolute Gasteiger partial charge is 0.448 e. The molecule has 8 nitrogen and oxygen atoms in total. The van der Waals surface area contributed by atoms with Crippen molar-refractivity contribution in [2.45, 2.75) is 26.4 Å².